The molecule has 2 saturated heterocycles. The summed E-state index contributed by atoms with van der Waals surface area (Å²) in [6.45, 7) is 5.20. The summed E-state index contributed by atoms with van der Waals surface area (Å²) < 4.78 is 0. The van der Waals surface area contributed by atoms with Crippen LogP contribution in [0.1, 0.15) is 18.5 Å². The van der Waals surface area contributed by atoms with E-state index in [0.717, 1.165) is 54.6 Å². The van der Waals surface area contributed by atoms with Crippen molar-refractivity contribution >= 4 is 34.5 Å². The molecule has 4 heterocycles. The number of likely N-dealkylation sites (tertiary alicyclic amines) is 1. The number of carbonyl (C=O) groups excluding carboxylic acids is 2. The predicted molar refractivity (Wildman–Crippen MR) is 108 cm³/mol. The predicted octanol–water partition coefficient (Wildman–Crippen LogP) is 2.18. The Hall–Kier alpha value is -1.77. The first kappa shape index (κ1) is 18.6. The molecule has 0 aliphatic carbocycles. The fraction of sp³-hybridized carbons (Fsp3) is 0.526. The van der Waals surface area contributed by atoms with Crippen LogP contribution in [-0.4, -0.2) is 77.3 Å². The van der Waals surface area contributed by atoms with Gasteiger partial charge in [-0.2, -0.15) is 0 Å². The molecule has 0 radical (unpaired) electrons. The minimum absolute atomic E-state index is 0.128. The lowest BCUT2D eigenvalue weighted by molar-refractivity contribution is -0.134. The fourth-order valence-corrected chi connectivity index (χ4v) is 5.22. The SMILES string of the molecule is O=C(Cc1csc(-c2cccs2)n1)N1CCN(CC(=O)N2CCCC2)CC1. The lowest BCUT2D eigenvalue weighted by atomic mass is 10.2. The van der Waals surface area contributed by atoms with Crippen LogP contribution < -0.4 is 0 Å². The molecule has 6 nitrogen and oxygen atoms in total. The molecule has 27 heavy (non-hydrogen) atoms. The van der Waals surface area contributed by atoms with E-state index in [1.807, 2.05) is 26.6 Å². The standard InChI is InChI=1S/C19H24N4O2S2/c24-17(12-15-14-27-19(20-15)16-4-3-11-26-16)23-9-7-21(8-10-23)13-18(25)22-5-1-2-6-22/h3-4,11,14H,1-2,5-10,12-13H2. The third kappa shape index (κ3) is 4.56. The van der Waals surface area contributed by atoms with E-state index in [0.29, 0.717) is 26.1 Å². The van der Waals surface area contributed by atoms with Gasteiger partial charge in [0.1, 0.15) is 5.01 Å². The Morgan fingerprint density at radius 1 is 0.963 bits per heavy atom. The number of carbonyl (C=O) groups is 2. The van der Waals surface area contributed by atoms with Gasteiger partial charge in [0, 0.05) is 44.6 Å². The first-order valence-corrected chi connectivity index (χ1v) is 11.2. The van der Waals surface area contributed by atoms with Gasteiger partial charge in [0.2, 0.25) is 11.8 Å². The van der Waals surface area contributed by atoms with Crippen molar-refractivity contribution in [2.24, 2.45) is 0 Å². The molecule has 0 unspecified atom stereocenters. The lowest BCUT2D eigenvalue weighted by Gasteiger charge is -2.35. The summed E-state index contributed by atoms with van der Waals surface area (Å²) in [5.41, 5.74) is 0.847. The van der Waals surface area contributed by atoms with Crippen molar-refractivity contribution in [1.82, 2.24) is 19.7 Å². The Kier molecular flexibility index (Phi) is 5.85. The maximum atomic E-state index is 12.6. The van der Waals surface area contributed by atoms with Gasteiger partial charge >= 0.3 is 0 Å². The van der Waals surface area contributed by atoms with Gasteiger partial charge in [-0.3, -0.25) is 14.5 Å². The lowest BCUT2D eigenvalue weighted by Crippen LogP contribution is -2.51. The average molecular weight is 405 g/mol. The minimum atomic E-state index is 0.128. The van der Waals surface area contributed by atoms with Crippen LogP contribution in [0.3, 0.4) is 0 Å². The fourth-order valence-electron chi connectivity index (χ4n) is 3.58. The van der Waals surface area contributed by atoms with Crippen LogP contribution in [0.25, 0.3) is 9.88 Å². The minimum Gasteiger partial charge on any atom is -0.342 e. The van der Waals surface area contributed by atoms with Gasteiger partial charge in [-0.25, -0.2) is 4.98 Å². The van der Waals surface area contributed by atoms with Crippen LogP contribution in [-0.2, 0) is 16.0 Å². The Bertz CT molecular complexity index is 775. The van der Waals surface area contributed by atoms with Crippen molar-refractivity contribution < 1.29 is 9.59 Å². The highest BCUT2D eigenvalue weighted by Crippen LogP contribution is 2.28. The van der Waals surface area contributed by atoms with Gasteiger partial charge < -0.3 is 9.80 Å². The number of hydrogen-bond acceptors (Lipinski definition) is 6. The van der Waals surface area contributed by atoms with Crippen molar-refractivity contribution in [3.8, 4) is 9.88 Å². The van der Waals surface area contributed by atoms with E-state index in [9.17, 15) is 9.59 Å². The molecule has 2 aliphatic heterocycles. The number of thiophene rings is 1. The zero-order chi connectivity index (χ0) is 18.6. The molecule has 0 saturated carbocycles. The molecule has 0 spiro atoms. The Morgan fingerprint density at radius 2 is 1.70 bits per heavy atom. The molecule has 0 atom stereocenters. The average Bonchev–Trinajstić information content (AvgIpc) is 3.43. The number of aromatic nitrogens is 1. The molecule has 0 aromatic carbocycles. The zero-order valence-electron chi connectivity index (χ0n) is 15.3. The molecule has 2 amide bonds. The highest BCUT2D eigenvalue weighted by atomic mass is 32.1. The van der Waals surface area contributed by atoms with Crippen molar-refractivity contribution in [1.29, 1.82) is 0 Å². The summed E-state index contributed by atoms with van der Waals surface area (Å²) in [6.07, 6.45) is 2.60. The molecule has 2 fully saturated rings. The normalized spacial score (nSPS) is 18.2. The monoisotopic (exact) mass is 404 g/mol. The summed E-state index contributed by atoms with van der Waals surface area (Å²) in [6, 6.07) is 4.07. The molecule has 144 valence electrons. The number of piperazine rings is 1. The number of thiazole rings is 1. The molecule has 8 heteroatoms. The van der Waals surface area contributed by atoms with Crippen molar-refractivity contribution in [3.05, 3.63) is 28.6 Å². The summed E-state index contributed by atoms with van der Waals surface area (Å²) in [4.78, 5) is 36.7. The first-order valence-electron chi connectivity index (χ1n) is 9.45. The number of rotatable bonds is 5. The van der Waals surface area contributed by atoms with Gasteiger partial charge in [0.15, 0.2) is 0 Å². The van der Waals surface area contributed by atoms with Crippen LogP contribution in [0.15, 0.2) is 22.9 Å². The van der Waals surface area contributed by atoms with E-state index in [1.165, 1.54) is 0 Å². The second-order valence-corrected chi connectivity index (χ2v) is 8.85. The van der Waals surface area contributed by atoms with Crippen LogP contribution in [0.5, 0.6) is 0 Å². The summed E-state index contributed by atoms with van der Waals surface area (Å²) in [5, 5.41) is 5.01. The van der Waals surface area contributed by atoms with E-state index >= 15 is 0 Å². The van der Waals surface area contributed by atoms with Gasteiger partial charge in [-0.1, -0.05) is 6.07 Å². The van der Waals surface area contributed by atoms with E-state index in [2.05, 4.69) is 16.0 Å². The molecule has 2 aromatic rings. The van der Waals surface area contributed by atoms with Gasteiger partial charge in [-0.05, 0) is 24.3 Å². The molecule has 0 N–H and O–H groups in total. The van der Waals surface area contributed by atoms with Gasteiger partial charge in [0.05, 0.1) is 23.5 Å². The largest absolute Gasteiger partial charge is 0.342 e. The molecular weight excluding hydrogens is 380 g/mol. The molecule has 0 bridgehead atoms. The number of hydrogen-bond donors (Lipinski definition) is 0. The Labute approximate surface area is 167 Å². The van der Waals surface area contributed by atoms with Crippen molar-refractivity contribution in [2.75, 3.05) is 45.8 Å². The maximum absolute atomic E-state index is 12.6. The number of nitrogens with zero attached hydrogens (tertiary/aromatic N) is 4. The highest BCUT2D eigenvalue weighted by molar-refractivity contribution is 7.20. The smallest absolute Gasteiger partial charge is 0.236 e. The van der Waals surface area contributed by atoms with Gasteiger partial charge in [0.25, 0.3) is 0 Å². The van der Waals surface area contributed by atoms with E-state index in [-0.39, 0.29) is 11.8 Å². The summed E-state index contributed by atoms with van der Waals surface area (Å²) in [7, 11) is 0. The van der Waals surface area contributed by atoms with Crippen LogP contribution in [0.4, 0.5) is 0 Å². The quantitative estimate of drug-likeness (QED) is 0.767. The second-order valence-electron chi connectivity index (χ2n) is 7.04. The highest BCUT2D eigenvalue weighted by Gasteiger charge is 2.25. The van der Waals surface area contributed by atoms with Crippen molar-refractivity contribution in [2.45, 2.75) is 19.3 Å². The van der Waals surface area contributed by atoms with Crippen molar-refractivity contribution in [3.63, 3.8) is 0 Å². The van der Waals surface area contributed by atoms with E-state index in [1.54, 1.807) is 22.7 Å². The van der Waals surface area contributed by atoms with Crippen LogP contribution in [0.2, 0.25) is 0 Å². The van der Waals surface area contributed by atoms with Crippen LogP contribution >= 0.6 is 22.7 Å². The Balaban J connectivity index is 1.24. The van der Waals surface area contributed by atoms with Crippen LogP contribution in [0, 0.1) is 0 Å². The third-order valence-electron chi connectivity index (χ3n) is 5.16. The molecular formula is C19H24N4O2S2. The van der Waals surface area contributed by atoms with E-state index < -0.39 is 0 Å². The first-order chi connectivity index (χ1) is 13.2. The summed E-state index contributed by atoms with van der Waals surface area (Å²) >= 11 is 3.26. The molecule has 2 aromatic heterocycles. The summed E-state index contributed by atoms with van der Waals surface area (Å²) in [5.74, 6) is 0.361. The van der Waals surface area contributed by atoms with E-state index in [4.69, 9.17) is 0 Å². The zero-order valence-corrected chi connectivity index (χ0v) is 16.9. The maximum Gasteiger partial charge on any atom is 0.236 e. The molecule has 4 rings (SSSR count). The van der Waals surface area contributed by atoms with Gasteiger partial charge in [-0.15, -0.1) is 22.7 Å². The topological polar surface area (TPSA) is 56.8 Å². The third-order valence-corrected chi connectivity index (χ3v) is 7.09. The molecule has 2 aliphatic rings. The Morgan fingerprint density at radius 3 is 2.41 bits per heavy atom. The second kappa shape index (κ2) is 8.50. The number of amides is 2.